The molecule has 0 amide bonds. The van der Waals surface area contributed by atoms with Crippen LogP contribution in [0.2, 0.25) is 5.02 Å². The third-order valence-corrected chi connectivity index (χ3v) is 4.63. The lowest BCUT2D eigenvalue weighted by Gasteiger charge is -2.03. The Morgan fingerprint density at radius 1 is 1.31 bits per heavy atom. The summed E-state index contributed by atoms with van der Waals surface area (Å²) in [5.74, 6) is 0.829. The first kappa shape index (κ1) is 18.0. The second-order valence-corrected chi connectivity index (χ2v) is 6.61. The van der Waals surface area contributed by atoms with Crippen molar-refractivity contribution >= 4 is 34.2 Å². The molecule has 1 heterocycles. The van der Waals surface area contributed by atoms with Crippen molar-refractivity contribution in [3.63, 3.8) is 0 Å². The predicted octanol–water partition coefficient (Wildman–Crippen LogP) is 5.84. The highest BCUT2D eigenvalue weighted by Crippen LogP contribution is 2.27. The van der Waals surface area contributed by atoms with Crippen molar-refractivity contribution in [1.82, 2.24) is 4.98 Å². The number of allylic oxidation sites excluding steroid dienone is 1. The van der Waals surface area contributed by atoms with Gasteiger partial charge in [0.2, 0.25) is 0 Å². The first-order chi connectivity index (χ1) is 12.7. The Labute approximate surface area is 161 Å². The standard InChI is InChI=1S/C20H16ClN3OS/c1-2-25-18-8-6-14(7-9-18)19-13-26-20(24-19)15(11-22)12-23-17-5-3-4-16(21)10-17/h3-10,12-13,23H,2H2,1H3/b15-12+. The molecule has 4 nitrogen and oxygen atoms in total. The van der Waals surface area contributed by atoms with Crippen LogP contribution in [0.4, 0.5) is 5.69 Å². The van der Waals surface area contributed by atoms with E-state index in [1.54, 1.807) is 18.3 Å². The lowest BCUT2D eigenvalue weighted by molar-refractivity contribution is 0.340. The summed E-state index contributed by atoms with van der Waals surface area (Å²) in [6.45, 7) is 2.59. The van der Waals surface area contributed by atoms with Gasteiger partial charge in [0.1, 0.15) is 22.4 Å². The fourth-order valence-electron chi connectivity index (χ4n) is 2.29. The summed E-state index contributed by atoms with van der Waals surface area (Å²) < 4.78 is 5.45. The van der Waals surface area contributed by atoms with Gasteiger partial charge in [-0.1, -0.05) is 17.7 Å². The zero-order valence-electron chi connectivity index (χ0n) is 14.1. The van der Waals surface area contributed by atoms with Gasteiger partial charge >= 0.3 is 0 Å². The molecule has 0 spiro atoms. The van der Waals surface area contributed by atoms with E-state index in [4.69, 9.17) is 16.3 Å². The number of hydrogen-bond acceptors (Lipinski definition) is 5. The smallest absolute Gasteiger partial charge is 0.136 e. The van der Waals surface area contributed by atoms with Crippen molar-refractivity contribution in [3.05, 3.63) is 70.1 Å². The first-order valence-corrected chi connectivity index (χ1v) is 9.27. The number of aromatic nitrogens is 1. The van der Waals surface area contributed by atoms with Gasteiger partial charge in [0.15, 0.2) is 0 Å². The zero-order chi connectivity index (χ0) is 18.4. The van der Waals surface area contributed by atoms with E-state index in [0.717, 1.165) is 22.7 Å². The summed E-state index contributed by atoms with van der Waals surface area (Å²) in [6.07, 6.45) is 1.65. The maximum atomic E-state index is 9.45. The van der Waals surface area contributed by atoms with Crippen LogP contribution < -0.4 is 10.1 Å². The summed E-state index contributed by atoms with van der Waals surface area (Å²) in [5, 5.41) is 15.8. The van der Waals surface area contributed by atoms with Crippen LogP contribution in [-0.4, -0.2) is 11.6 Å². The fourth-order valence-corrected chi connectivity index (χ4v) is 3.28. The summed E-state index contributed by atoms with van der Waals surface area (Å²) in [5.41, 5.74) is 3.09. The van der Waals surface area contributed by atoms with Gasteiger partial charge in [-0.05, 0) is 49.4 Å². The lowest BCUT2D eigenvalue weighted by Crippen LogP contribution is -1.91. The van der Waals surface area contributed by atoms with E-state index in [0.29, 0.717) is 22.2 Å². The van der Waals surface area contributed by atoms with Crippen LogP contribution in [-0.2, 0) is 0 Å². The zero-order valence-corrected chi connectivity index (χ0v) is 15.6. The van der Waals surface area contributed by atoms with Crippen molar-refractivity contribution < 1.29 is 4.74 Å². The molecule has 0 bridgehead atoms. The molecular formula is C20H16ClN3OS. The highest BCUT2D eigenvalue weighted by atomic mass is 35.5. The highest BCUT2D eigenvalue weighted by Gasteiger charge is 2.09. The van der Waals surface area contributed by atoms with E-state index < -0.39 is 0 Å². The second kappa shape index (κ2) is 8.52. The van der Waals surface area contributed by atoms with Crippen LogP contribution in [0.15, 0.2) is 60.1 Å². The van der Waals surface area contributed by atoms with Crippen molar-refractivity contribution in [2.45, 2.75) is 6.92 Å². The largest absolute Gasteiger partial charge is 0.494 e. The lowest BCUT2D eigenvalue weighted by atomic mass is 10.2. The Morgan fingerprint density at radius 3 is 2.81 bits per heavy atom. The Morgan fingerprint density at radius 2 is 2.12 bits per heavy atom. The van der Waals surface area contributed by atoms with Crippen molar-refractivity contribution in [3.8, 4) is 23.1 Å². The molecule has 0 unspecified atom stereocenters. The van der Waals surface area contributed by atoms with Crippen molar-refractivity contribution in [2.75, 3.05) is 11.9 Å². The highest BCUT2D eigenvalue weighted by molar-refractivity contribution is 7.11. The number of nitrogens with one attached hydrogen (secondary N) is 1. The molecule has 130 valence electrons. The average molecular weight is 382 g/mol. The molecule has 1 aromatic heterocycles. The van der Waals surface area contributed by atoms with Gasteiger partial charge in [-0.25, -0.2) is 4.98 Å². The molecule has 0 saturated carbocycles. The van der Waals surface area contributed by atoms with Gasteiger partial charge in [-0.15, -0.1) is 11.3 Å². The van der Waals surface area contributed by atoms with Crippen LogP contribution in [0.3, 0.4) is 0 Å². The maximum Gasteiger partial charge on any atom is 0.136 e. The molecule has 0 fully saturated rings. The van der Waals surface area contributed by atoms with Crippen LogP contribution in [0, 0.1) is 11.3 Å². The second-order valence-electron chi connectivity index (χ2n) is 5.32. The molecule has 0 aliphatic heterocycles. The molecule has 3 aromatic rings. The first-order valence-electron chi connectivity index (χ1n) is 8.01. The molecular weight excluding hydrogens is 366 g/mol. The summed E-state index contributed by atoms with van der Waals surface area (Å²) >= 11 is 7.40. The van der Waals surface area contributed by atoms with Gasteiger partial charge in [0.05, 0.1) is 12.3 Å². The average Bonchev–Trinajstić information content (AvgIpc) is 3.13. The molecule has 1 N–H and O–H groups in total. The third-order valence-electron chi connectivity index (χ3n) is 3.52. The van der Waals surface area contributed by atoms with Gasteiger partial charge in [-0.3, -0.25) is 0 Å². The van der Waals surface area contributed by atoms with Gasteiger partial charge in [-0.2, -0.15) is 5.26 Å². The van der Waals surface area contributed by atoms with Gasteiger partial charge < -0.3 is 10.1 Å². The molecule has 0 atom stereocenters. The predicted molar refractivity (Wildman–Crippen MR) is 107 cm³/mol. The Hall–Kier alpha value is -2.81. The molecule has 0 aliphatic rings. The number of anilines is 1. The minimum atomic E-state index is 0.465. The molecule has 2 aromatic carbocycles. The minimum Gasteiger partial charge on any atom is -0.494 e. The minimum absolute atomic E-state index is 0.465. The topological polar surface area (TPSA) is 57.9 Å². The number of ether oxygens (including phenoxy) is 1. The summed E-state index contributed by atoms with van der Waals surface area (Å²) in [6, 6.07) is 17.3. The van der Waals surface area contributed by atoms with Crippen LogP contribution in [0.25, 0.3) is 16.8 Å². The molecule has 0 saturated heterocycles. The number of halogens is 1. The van der Waals surface area contributed by atoms with Gasteiger partial charge in [0, 0.05) is 27.9 Å². The Bertz CT molecular complexity index is 958. The third kappa shape index (κ3) is 4.42. The Balaban J connectivity index is 1.78. The van der Waals surface area contributed by atoms with Crippen molar-refractivity contribution in [1.29, 1.82) is 5.26 Å². The van der Waals surface area contributed by atoms with E-state index in [2.05, 4.69) is 16.4 Å². The molecule has 26 heavy (non-hydrogen) atoms. The van der Waals surface area contributed by atoms with Crippen LogP contribution in [0.1, 0.15) is 11.9 Å². The van der Waals surface area contributed by atoms with Crippen LogP contribution in [0.5, 0.6) is 5.75 Å². The summed E-state index contributed by atoms with van der Waals surface area (Å²) in [4.78, 5) is 4.58. The van der Waals surface area contributed by atoms with Gasteiger partial charge in [0.25, 0.3) is 0 Å². The number of nitrogens with zero attached hydrogens (tertiary/aromatic N) is 2. The van der Waals surface area contributed by atoms with Crippen molar-refractivity contribution in [2.24, 2.45) is 0 Å². The van der Waals surface area contributed by atoms with E-state index in [-0.39, 0.29) is 0 Å². The number of thiazole rings is 1. The van der Waals surface area contributed by atoms with E-state index >= 15 is 0 Å². The molecule has 3 rings (SSSR count). The number of hydrogen-bond donors (Lipinski definition) is 1. The quantitative estimate of drug-likeness (QED) is 0.545. The number of benzene rings is 2. The monoisotopic (exact) mass is 381 g/mol. The molecule has 6 heteroatoms. The number of nitriles is 1. The van der Waals surface area contributed by atoms with E-state index in [9.17, 15) is 5.26 Å². The summed E-state index contributed by atoms with van der Waals surface area (Å²) in [7, 11) is 0. The fraction of sp³-hybridized carbons (Fsp3) is 0.100. The maximum absolute atomic E-state index is 9.45. The SMILES string of the molecule is CCOc1ccc(-c2csc(/C(C#N)=C/Nc3cccc(Cl)c3)n2)cc1. The number of rotatable bonds is 6. The molecule has 0 aliphatic carbocycles. The normalized spacial score (nSPS) is 11.0. The van der Waals surface area contributed by atoms with Crippen LogP contribution >= 0.6 is 22.9 Å². The van der Waals surface area contributed by atoms with E-state index in [1.807, 2.05) is 48.7 Å². The molecule has 0 radical (unpaired) electrons. The Kier molecular flexibility index (Phi) is 5.90. The van der Waals surface area contributed by atoms with E-state index in [1.165, 1.54) is 11.3 Å².